The fourth-order valence-corrected chi connectivity index (χ4v) is 4.23. The number of ether oxygens (including phenoxy) is 1. The molecule has 2 bridgehead atoms. The molecule has 4 rings (SSSR count). The minimum atomic E-state index is 0. The van der Waals surface area contributed by atoms with Crippen LogP contribution in [0.15, 0.2) is 16.5 Å². The maximum absolute atomic E-state index is 6.05. The van der Waals surface area contributed by atoms with Crippen LogP contribution in [-0.4, -0.2) is 42.2 Å². The van der Waals surface area contributed by atoms with Crippen molar-refractivity contribution in [3.05, 3.63) is 34.7 Å². The van der Waals surface area contributed by atoms with Crippen LogP contribution in [0.3, 0.4) is 0 Å². The minimum Gasteiger partial charge on any atom is -0.496 e. The zero-order chi connectivity index (χ0) is 17.6. The number of hydrogen-bond acceptors (Lipinski definition) is 5. The number of nitrogens with one attached hydrogen (secondary N) is 1. The molecular weight excluding hydrogens is 350 g/mol. The quantitative estimate of drug-likeness (QED) is 0.881. The Kier molecular flexibility index (Phi) is 5.61. The molecule has 2 saturated heterocycles. The number of methoxy groups -OCH3 is 1. The summed E-state index contributed by atoms with van der Waals surface area (Å²) in [5, 5.41) is 3.54. The molecular formula is C20H28ClN3O2. The lowest BCUT2D eigenvalue weighted by atomic mass is 10.0. The Morgan fingerprint density at radius 2 is 1.85 bits per heavy atom. The van der Waals surface area contributed by atoms with Crippen molar-refractivity contribution in [2.75, 3.05) is 20.2 Å². The van der Waals surface area contributed by atoms with Gasteiger partial charge < -0.3 is 14.5 Å². The van der Waals surface area contributed by atoms with E-state index < -0.39 is 0 Å². The van der Waals surface area contributed by atoms with E-state index in [-0.39, 0.29) is 12.4 Å². The van der Waals surface area contributed by atoms with Gasteiger partial charge in [-0.3, -0.25) is 4.90 Å². The van der Waals surface area contributed by atoms with Gasteiger partial charge in [0.1, 0.15) is 11.5 Å². The van der Waals surface area contributed by atoms with Gasteiger partial charge in [-0.1, -0.05) is 0 Å². The molecule has 5 nitrogen and oxygen atoms in total. The van der Waals surface area contributed by atoms with Crippen molar-refractivity contribution in [1.29, 1.82) is 0 Å². The first-order valence-corrected chi connectivity index (χ1v) is 9.15. The summed E-state index contributed by atoms with van der Waals surface area (Å²) in [5.41, 5.74) is 4.34. The lowest BCUT2D eigenvalue weighted by Crippen LogP contribution is -2.51. The van der Waals surface area contributed by atoms with Crippen LogP contribution < -0.4 is 10.1 Å². The van der Waals surface area contributed by atoms with Gasteiger partial charge in [0.2, 0.25) is 5.89 Å². The van der Waals surface area contributed by atoms with Gasteiger partial charge in [0.05, 0.1) is 12.8 Å². The molecule has 1 N–H and O–H groups in total. The van der Waals surface area contributed by atoms with Crippen LogP contribution in [0, 0.1) is 20.8 Å². The van der Waals surface area contributed by atoms with E-state index in [1.807, 2.05) is 6.92 Å². The van der Waals surface area contributed by atoms with Crippen LogP contribution >= 0.6 is 12.4 Å². The molecule has 3 heterocycles. The number of piperazine rings is 1. The van der Waals surface area contributed by atoms with Crippen LogP contribution in [0.1, 0.15) is 35.4 Å². The van der Waals surface area contributed by atoms with Crippen LogP contribution in [0.2, 0.25) is 0 Å². The molecule has 0 amide bonds. The highest BCUT2D eigenvalue weighted by atomic mass is 35.5. The van der Waals surface area contributed by atoms with E-state index in [0.717, 1.165) is 59.4 Å². The van der Waals surface area contributed by atoms with Crippen molar-refractivity contribution >= 4 is 12.4 Å². The number of aryl methyl sites for hydroxylation is 3. The Morgan fingerprint density at radius 1 is 1.15 bits per heavy atom. The Labute approximate surface area is 161 Å². The smallest absolute Gasteiger partial charge is 0.226 e. The van der Waals surface area contributed by atoms with Crippen molar-refractivity contribution in [2.45, 2.75) is 52.2 Å². The van der Waals surface area contributed by atoms with E-state index in [2.05, 4.69) is 36.2 Å². The molecule has 142 valence electrons. The second kappa shape index (κ2) is 7.59. The predicted molar refractivity (Wildman–Crippen MR) is 105 cm³/mol. The largest absolute Gasteiger partial charge is 0.496 e. The SMILES string of the molecule is COc1cc(C)c(-c2nc(CN3[C@@H]4CC[C@H]3CNC4)c(C)o2)cc1C.Cl. The second-order valence-corrected chi connectivity index (χ2v) is 7.37. The number of aromatic nitrogens is 1. The first-order chi connectivity index (χ1) is 12.1. The van der Waals surface area contributed by atoms with Crippen molar-refractivity contribution in [2.24, 2.45) is 0 Å². The molecule has 2 aromatic rings. The standard InChI is InChI=1S/C20H27N3O2.ClH/c1-12-8-19(24-4)13(2)7-17(12)20-22-18(14(3)25-20)11-23-15-5-6-16(23)10-21-9-15;/h7-8,15-16,21H,5-6,9-11H2,1-4H3;1H/t15-,16+;. The highest BCUT2D eigenvalue weighted by Crippen LogP contribution is 2.33. The average molecular weight is 378 g/mol. The molecule has 0 unspecified atom stereocenters. The monoisotopic (exact) mass is 377 g/mol. The summed E-state index contributed by atoms with van der Waals surface area (Å²) in [4.78, 5) is 7.47. The molecule has 0 radical (unpaired) electrons. The van der Waals surface area contributed by atoms with Crippen LogP contribution in [0.5, 0.6) is 5.75 Å². The molecule has 1 aromatic carbocycles. The lowest BCUT2D eigenvalue weighted by molar-refractivity contribution is 0.143. The van der Waals surface area contributed by atoms with Crippen LogP contribution in [-0.2, 0) is 6.54 Å². The fourth-order valence-electron chi connectivity index (χ4n) is 4.23. The van der Waals surface area contributed by atoms with E-state index in [4.69, 9.17) is 14.1 Å². The minimum absolute atomic E-state index is 0. The summed E-state index contributed by atoms with van der Waals surface area (Å²) >= 11 is 0. The number of rotatable bonds is 4. The second-order valence-electron chi connectivity index (χ2n) is 7.37. The number of nitrogens with zero attached hydrogens (tertiary/aromatic N) is 2. The van der Waals surface area contributed by atoms with Crippen molar-refractivity contribution in [3.63, 3.8) is 0 Å². The highest BCUT2D eigenvalue weighted by Gasteiger charge is 2.37. The molecule has 2 aliphatic heterocycles. The van der Waals surface area contributed by atoms with Gasteiger partial charge in [0.25, 0.3) is 0 Å². The topological polar surface area (TPSA) is 50.5 Å². The van der Waals surface area contributed by atoms with Gasteiger partial charge in [-0.15, -0.1) is 12.4 Å². The molecule has 1 aromatic heterocycles. The average Bonchev–Trinajstić information content (AvgIpc) is 3.04. The summed E-state index contributed by atoms with van der Waals surface area (Å²) in [6, 6.07) is 5.45. The number of hydrogen-bond donors (Lipinski definition) is 1. The molecule has 26 heavy (non-hydrogen) atoms. The highest BCUT2D eigenvalue weighted by molar-refractivity contribution is 5.85. The van der Waals surface area contributed by atoms with Crippen LogP contribution in [0.25, 0.3) is 11.5 Å². The number of benzene rings is 1. The van der Waals surface area contributed by atoms with Crippen LogP contribution in [0.4, 0.5) is 0 Å². The van der Waals surface area contributed by atoms with Gasteiger partial charge in [-0.25, -0.2) is 4.98 Å². The Balaban J connectivity index is 0.00000196. The molecule has 0 spiro atoms. The number of fused-ring (bicyclic) bond motifs is 2. The van der Waals surface area contributed by atoms with E-state index in [9.17, 15) is 0 Å². The van der Waals surface area contributed by atoms with E-state index >= 15 is 0 Å². The van der Waals surface area contributed by atoms with Crippen molar-refractivity contribution < 1.29 is 9.15 Å². The molecule has 0 aliphatic carbocycles. The summed E-state index contributed by atoms with van der Waals surface area (Å²) < 4.78 is 11.5. The van der Waals surface area contributed by atoms with Gasteiger partial charge in [-0.2, -0.15) is 0 Å². The zero-order valence-electron chi connectivity index (χ0n) is 16.0. The van der Waals surface area contributed by atoms with Crippen molar-refractivity contribution in [3.8, 4) is 17.2 Å². The molecule has 2 aliphatic rings. The van der Waals surface area contributed by atoms with Gasteiger partial charge >= 0.3 is 0 Å². The summed E-state index contributed by atoms with van der Waals surface area (Å²) in [7, 11) is 1.70. The van der Waals surface area contributed by atoms with E-state index in [1.165, 1.54) is 12.8 Å². The van der Waals surface area contributed by atoms with Gasteiger partial charge in [0.15, 0.2) is 0 Å². The maximum Gasteiger partial charge on any atom is 0.226 e. The van der Waals surface area contributed by atoms with Gasteiger partial charge in [0, 0.05) is 37.3 Å². The Hall–Kier alpha value is -1.56. The Morgan fingerprint density at radius 3 is 2.50 bits per heavy atom. The number of oxazole rings is 1. The maximum atomic E-state index is 6.05. The third kappa shape index (κ3) is 3.36. The third-order valence-electron chi connectivity index (χ3n) is 5.73. The first kappa shape index (κ1) is 19.2. The van der Waals surface area contributed by atoms with Gasteiger partial charge in [-0.05, 0) is 56.9 Å². The van der Waals surface area contributed by atoms with E-state index in [0.29, 0.717) is 12.1 Å². The predicted octanol–water partition coefficient (Wildman–Crippen LogP) is 3.63. The normalized spacial score (nSPS) is 22.3. The third-order valence-corrected chi connectivity index (χ3v) is 5.73. The molecule has 2 fully saturated rings. The molecule has 6 heteroatoms. The first-order valence-electron chi connectivity index (χ1n) is 9.15. The summed E-state index contributed by atoms with van der Waals surface area (Å²) in [5.74, 6) is 2.56. The summed E-state index contributed by atoms with van der Waals surface area (Å²) in [6.07, 6.45) is 2.58. The fraction of sp³-hybridized carbons (Fsp3) is 0.550. The van der Waals surface area contributed by atoms with Crippen molar-refractivity contribution in [1.82, 2.24) is 15.2 Å². The number of halogens is 1. The summed E-state index contributed by atoms with van der Waals surface area (Å²) in [6.45, 7) is 9.24. The molecule has 2 atom stereocenters. The Bertz CT molecular complexity index is 774. The molecule has 0 saturated carbocycles. The lowest BCUT2D eigenvalue weighted by Gasteiger charge is -2.34. The van der Waals surface area contributed by atoms with E-state index in [1.54, 1.807) is 7.11 Å². The zero-order valence-corrected chi connectivity index (χ0v) is 16.8.